The maximum absolute atomic E-state index is 13.9. The van der Waals surface area contributed by atoms with Gasteiger partial charge in [0.15, 0.2) is 5.76 Å². The molecule has 1 aromatic heterocycles. The summed E-state index contributed by atoms with van der Waals surface area (Å²) in [5.41, 5.74) is 1.24. The summed E-state index contributed by atoms with van der Waals surface area (Å²) in [6, 6.07) is 6.52. The molecule has 0 saturated carbocycles. The van der Waals surface area contributed by atoms with E-state index in [1.807, 2.05) is 6.92 Å². The predicted molar refractivity (Wildman–Crippen MR) is 75.4 cm³/mol. The van der Waals surface area contributed by atoms with Crippen LogP contribution in [0.1, 0.15) is 30.0 Å². The fourth-order valence-corrected chi connectivity index (χ4v) is 1.90. The number of aromatic nitrogens is 1. The van der Waals surface area contributed by atoms with Gasteiger partial charge in [0.2, 0.25) is 0 Å². The van der Waals surface area contributed by atoms with Crippen LogP contribution in [0, 0.1) is 5.82 Å². The molecule has 1 N–H and O–H groups in total. The monoisotopic (exact) mass is 294 g/mol. The van der Waals surface area contributed by atoms with E-state index in [1.165, 1.54) is 6.07 Å². The molecule has 0 amide bonds. The minimum Gasteiger partial charge on any atom is -0.487 e. The van der Waals surface area contributed by atoms with Crippen molar-refractivity contribution >= 4 is 0 Å². The van der Waals surface area contributed by atoms with E-state index in [1.54, 1.807) is 32.4 Å². The van der Waals surface area contributed by atoms with E-state index in [9.17, 15) is 4.39 Å². The Morgan fingerprint density at radius 2 is 2.14 bits per heavy atom. The van der Waals surface area contributed by atoms with Crippen LogP contribution in [0.25, 0.3) is 0 Å². The normalized spacial score (nSPS) is 12.4. The smallest absolute Gasteiger partial charge is 0.162 e. The number of benzene rings is 1. The standard InChI is InChI=1S/C15H19FN2O3/c1-10(17-2)14-5-4-12(7-15(14)16)20-8-11-6-13(9-19-3)21-18-11/h4-7,10,17H,8-9H2,1-3H3. The topological polar surface area (TPSA) is 56.5 Å². The number of methoxy groups -OCH3 is 1. The molecule has 1 aromatic carbocycles. The molecule has 0 radical (unpaired) electrons. The molecule has 2 rings (SSSR count). The lowest BCUT2D eigenvalue weighted by molar-refractivity contribution is 0.155. The average Bonchev–Trinajstić information content (AvgIpc) is 2.92. The van der Waals surface area contributed by atoms with E-state index in [0.717, 1.165) is 0 Å². The van der Waals surface area contributed by atoms with E-state index in [0.29, 0.717) is 29.4 Å². The van der Waals surface area contributed by atoms with Crippen LogP contribution in [0.3, 0.4) is 0 Å². The van der Waals surface area contributed by atoms with Gasteiger partial charge in [0.1, 0.15) is 30.5 Å². The predicted octanol–water partition coefficient (Wildman–Crippen LogP) is 2.82. The molecular formula is C15H19FN2O3. The lowest BCUT2D eigenvalue weighted by Gasteiger charge is -2.12. The number of rotatable bonds is 7. The molecule has 21 heavy (non-hydrogen) atoms. The molecule has 1 unspecified atom stereocenters. The molecule has 6 heteroatoms. The third-order valence-corrected chi connectivity index (χ3v) is 3.15. The summed E-state index contributed by atoms with van der Waals surface area (Å²) in [5.74, 6) is 0.783. The number of ether oxygens (including phenoxy) is 2. The van der Waals surface area contributed by atoms with Gasteiger partial charge in [-0.1, -0.05) is 11.2 Å². The molecule has 0 aliphatic rings. The van der Waals surface area contributed by atoms with Gasteiger partial charge in [0.05, 0.1) is 0 Å². The Hall–Kier alpha value is -1.92. The lowest BCUT2D eigenvalue weighted by atomic mass is 10.1. The van der Waals surface area contributed by atoms with Crippen molar-refractivity contribution in [3.63, 3.8) is 0 Å². The zero-order valence-electron chi connectivity index (χ0n) is 12.4. The minimum atomic E-state index is -0.297. The molecular weight excluding hydrogens is 275 g/mol. The molecule has 0 spiro atoms. The van der Waals surface area contributed by atoms with Gasteiger partial charge in [-0.05, 0) is 20.0 Å². The van der Waals surface area contributed by atoms with E-state index >= 15 is 0 Å². The van der Waals surface area contributed by atoms with Gasteiger partial charge in [0, 0.05) is 30.8 Å². The first kappa shape index (κ1) is 15.5. The summed E-state index contributed by atoms with van der Waals surface area (Å²) in [6.45, 7) is 2.47. The van der Waals surface area contributed by atoms with Crippen LogP contribution in [0.15, 0.2) is 28.8 Å². The van der Waals surface area contributed by atoms with Crippen LogP contribution < -0.4 is 10.1 Å². The maximum Gasteiger partial charge on any atom is 0.162 e. The van der Waals surface area contributed by atoms with Crippen LogP contribution in [0.4, 0.5) is 4.39 Å². The Morgan fingerprint density at radius 1 is 1.33 bits per heavy atom. The van der Waals surface area contributed by atoms with Gasteiger partial charge in [0.25, 0.3) is 0 Å². The largest absolute Gasteiger partial charge is 0.487 e. The summed E-state index contributed by atoms with van der Waals surface area (Å²) >= 11 is 0. The Balaban J connectivity index is 1.98. The second kappa shape index (κ2) is 7.19. The SMILES string of the molecule is CNC(C)c1ccc(OCc2cc(COC)on2)cc1F. The van der Waals surface area contributed by atoms with Crippen molar-refractivity contribution in [2.24, 2.45) is 0 Å². The first-order chi connectivity index (χ1) is 10.1. The van der Waals surface area contributed by atoms with Crippen LogP contribution in [0.2, 0.25) is 0 Å². The molecule has 0 saturated heterocycles. The minimum absolute atomic E-state index is 0.0498. The van der Waals surface area contributed by atoms with Crippen LogP contribution >= 0.6 is 0 Å². The number of hydrogen-bond acceptors (Lipinski definition) is 5. The van der Waals surface area contributed by atoms with Crippen molar-refractivity contribution in [1.82, 2.24) is 10.5 Å². The maximum atomic E-state index is 13.9. The summed E-state index contributed by atoms with van der Waals surface area (Å²) < 4.78 is 29.4. The van der Waals surface area contributed by atoms with Gasteiger partial charge in [-0.2, -0.15) is 0 Å². The fraction of sp³-hybridized carbons (Fsp3) is 0.400. The zero-order valence-corrected chi connectivity index (χ0v) is 12.4. The molecule has 114 valence electrons. The molecule has 0 aliphatic heterocycles. The molecule has 0 aliphatic carbocycles. The first-order valence-electron chi connectivity index (χ1n) is 6.67. The highest BCUT2D eigenvalue weighted by Crippen LogP contribution is 2.22. The third kappa shape index (κ3) is 4.03. The Morgan fingerprint density at radius 3 is 2.81 bits per heavy atom. The summed E-state index contributed by atoms with van der Waals surface area (Å²) in [6.07, 6.45) is 0. The third-order valence-electron chi connectivity index (χ3n) is 3.15. The number of halogens is 1. The van der Waals surface area contributed by atoms with Crippen molar-refractivity contribution in [3.8, 4) is 5.75 Å². The highest BCUT2D eigenvalue weighted by atomic mass is 19.1. The van der Waals surface area contributed by atoms with E-state index < -0.39 is 0 Å². The van der Waals surface area contributed by atoms with E-state index in [2.05, 4.69) is 10.5 Å². The fourth-order valence-electron chi connectivity index (χ4n) is 1.90. The second-order valence-corrected chi connectivity index (χ2v) is 4.70. The Kier molecular flexibility index (Phi) is 5.30. The summed E-state index contributed by atoms with van der Waals surface area (Å²) in [5, 5.41) is 6.85. The average molecular weight is 294 g/mol. The quantitative estimate of drug-likeness (QED) is 0.851. The van der Waals surface area contributed by atoms with Crippen molar-refractivity contribution in [3.05, 3.63) is 47.1 Å². The van der Waals surface area contributed by atoms with Crippen LogP contribution in [-0.2, 0) is 18.0 Å². The first-order valence-corrected chi connectivity index (χ1v) is 6.67. The molecule has 2 aromatic rings. The highest BCUT2D eigenvalue weighted by molar-refractivity contribution is 5.30. The summed E-state index contributed by atoms with van der Waals surface area (Å²) in [7, 11) is 3.37. The molecule has 1 atom stereocenters. The number of hydrogen-bond donors (Lipinski definition) is 1. The zero-order chi connectivity index (χ0) is 15.2. The van der Waals surface area contributed by atoms with Gasteiger partial charge >= 0.3 is 0 Å². The van der Waals surface area contributed by atoms with Gasteiger partial charge in [-0.3, -0.25) is 0 Å². The molecule has 0 bridgehead atoms. The number of nitrogens with one attached hydrogen (secondary N) is 1. The molecule has 5 nitrogen and oxygen atoms in total. The molecule has 0 fully saturated rings. The summed E-state index contributed by atoms with van der Waals surface area (Å²) in [4.78, 5) is 0. The van der Waals surface area contributed by atoms with Crippen molar-refractivity contribution in [2.45, 2.75) is 26.2 Å². The van der Waals surface area contributed by atoms with Crippen molar-refractivity contribution < 1.29 is 18.4 Å². The highest BCUT2D eigenvalue weighted by Gasteiger charge is 2.11. The number of nitrogens with zero attached hydrogens (tertiary/aromatic N) is 1. The van der Waals surface area contributed by atoms with Gasteiger partial charge in [-0.15, -0.1) is 0 Å². The van der Waals surface area contributed by atoms with Crippen LogP contribution in [-0.4, -0.2) is 19.3 Å². The lowest BCUT2D eigenvalue weighted by Crippen LogP contribution is -2.13. The van der Waals surface area contributed by atoms with Crippen molar-refractivity contribution in [2.75, 3.05) is 14.2 Å². The van der Waals surface area contributed by atoms with Crippen LogP contribution in [0.5, 0.6) is 5.75 Å². The Labute approximate surface area is 123 Å². The van der Waals surface area contributed by atoms with E-state index in [-0.39, 0.29) is 18.5 Å². The van der Waals surface area contributed by atoms with Crippen molar-refractivity contribution in [1.29, 1.82) is 0 Å². The van der Waals surface area contributed by atoms with E-state index in [4.69, 9.17) is 14.0 Å². The second-order valence-electron chi connectivity index (χ2n) is 4.70. The van der Waals surface area contributed by atoms with Gasteiger partial charge < -0.3 is 19.3 Å². The Bertz CT molecular complexity index is 586. The van der Waals surface area contributed by atoms with Gasteiger partial charge in [-0.25, -0.2) is 4.39 Å². The molecule has 1 heterocycles.